The van der Waals surface area contributed by atoms with E-state index >= 15 is 0 Å². The van der Waals surface area contributed by atoms with Crippen molar-refractivity contribution in [2.24, 2.45) is 0 Å². The third kappa shape index (κ3) is 10.0. The molecule has 28 aromatic rings. The number of furan rings is 2. The molecule has 0 saturated heterocycles. The Kier molecular flexibility index (Phi) is 7.53. The maximum absolute atomic E-state index is 10.4. The Balaban J connectivity index is 0.000000164. The van der Waals surface area contributed by atoms with E-state index in [0.717, 1.165) is 28.5 Å². The van der Waals surface area contributed by atoms with Gasteiger partial charge in [0.05, 0.1) is 67.2 Å². The predicted octanol–water partition coefficient (Wildman–Crippen LogP) is 34.4. The van der Waals surface area contributed by atoms with Crippen LogP contribution in [0.4, 0.5) is 0 Å². The molecule has 560 valence electrons. The monoisotopic (exact) mass is 1590 g/mol. The second kappa shape index (κ2) is 25.8. The van der Waals surface area contributed by atoms with Crippen LogP contribution in [-0.4, -0.2) is 0 Å². The van der Waals surface area contributed by atoms with E-state index in [1.54, 1.807) is 12.1 Å². The summed E-state index contributed by atoms with van der Waals surface area (Å²) in [6, 6.07) is -1.54. The molecule has 0 saturated carbocycles. The summed E-state index contributed by atoms with van der Waals surface area (Å²) < 4.78 is 467. The molecule has 2 nitrogen and oxygen atoms in total. The molecule has 0 spiro atoms. The maximum atomic E-state index is 10.4. The summed E-state index contributed by atoms with van der Waals surface area (Å²) in [4.78, 5) is 0. The lowest BCUT2D eigenvalue weighted by Crippen LogP contribution is -1.91. The van der Waals surface area contributed by atoms with Gasteiger partial charge in [0.1, 0.15) is 22.3 Å². The fourth-order valence-electron chi connectivity index (χ4n) is 17.6. The minimum absolute atomic E-state index is 0.0240. The van der Waals surface area contributed by atoms with Gasteiger partial charge < -0.3 is 8.83 Å². The van der Waals surface area contributed by atoms with Gasteiger partial charge in [-0.2, -0.15) is 0 Å². The average Bonchev–Trinajstić information content (AvgIpc) is 1.71. The zero-order chi connectivity index (χ0) is 122. The zero-order valence-corrected chi connectivity index (χ0v) is 62.3. The fraction of sp³-hybridized carbons (Fsp3) is 0. The van der Waals surface area contributed by atoms with Crippen molar-refractivity contribution in [2.75, 3.05) is 0 Å². The van der Waals surface area contributed by atoms with Crippen molar-refractivity contribution < 1.29 is 76.0 Å². The van der Waals surface area contributed by atoms with Gasteiger partial charge >= 0.3 is 0 Å². The minimum Gasteiger partial charge on any atom is -0.456 e. The zero-order valence-electron chi connectivity index (χ0n) is 111. The molecule has 122 heavy (non-hydrogen) atoms. The lowest BCUT2D eigenvalue weighted by Gasteiger charge is -2.18. The highest BCUT2D eigenvalue weighted by atomic mass is 16.3. The molecule has 2 aromatic heterocycles. The van der Waals surface area contributed by atoms with Crippen molar-refractivity contribution in [3.8, 4) is 89.0 Å². The van der Waals surface area contributed by atoms with Crippen molar-refractivity contribution in [1.29, 1.82) is 0 Å². The molecule has 0 N–H and O–H groups in total. The van der Waals surface area contributed by atoms with Crippen molar-refractivity contribution in [3.05, 3.63) is 411 Å². The van der Waals surface area contributed by atoms with Crippen molar-refractivity contribution in [1.82, 2.24) is 0 Å². The number of fused-ring (bicyclic) bond motifs is 8. The van der Waals surface area contributed by atoms with Gasteiger partial charge in [0.15, 0.2) is 0 Å². The van der Waals surface area contributed by atoms with E-state index < -0.39 is 363 Å². The van der Waals surface area contributed by atoms with Crippen LogP contribution in [0.3, 0.4) is 0 Å². The first-order valence-electron chi connectivity index (χ1n) is 62.8. The first-order chi connectivity index (χ1) is 80.9. The Bertz CT molecular complexity index is 12400. The van der Waals surface area contributed by atoms with E-state index in [1.807, 2.05) is 84.9 Å². The average molecular weight is 1590 g/mol. The number of hydrogen-bond acceptors (Lipinski definition) is 2. The van der Waals surface area contributed by atoms with Crippen LogP contribution in [0.15, 0.2) is 420 Å². The third-order valence-electron chi connectivity index (χ3n) is 23.1. The van der Waals surface area contributed by atoms with Gasteiger partial charge in [-0.05, 0) is 313 Å². The van der Waals surface area contributed by atoms with Crippen LogP contribution < -0.4 is 0 Å². The molecular weight excluding hydrogens is 1470 g/mol. The van der Waals surface area contributed by atoms with E-state index in [9.17, 15) is 35.6 Å². The summed E-state index contributed by atoms with van der Waals surface area (Å²) in [5, 5.41) is -4.35. The fourth-order valence-corrected chi connectivity index (χ4v) is 17.6. The highest BCUT2D eigenvalue weighted by molar-refractivity contribution is 6.31. The third-order valence-corrected chi connectivity index (χ3v) is 23.1. The standard InChI is InChI=1S/2C60H34O/c2*1-2-12-48-47(11-1)45(28-29-49(48)50-25-20-40-18-16-36-8-6-10-38-22-27-53(50)60(40)58(36)38)43-31-42(41-23-30-56-54(34-41)51-13-3-4-14-55(51)61-56)32-44(33-43)46-24-19-39-17-15-35-7-5-9-37-21-26-52(46)59(39)57(35)37/h2*1-34H/i1D,2D,3D,4D,5D,6D,8D,9D,10D,11D,12D,13D,14D,15D,16D,17D,18D,19D,20D,21D,22D,23D,24D,25D,26D,27D,28D,29D,30D,31D,33D,34D;5D,6D,8D,9D,10D,15D,16D,17D,18D,19D,20D,21D,22D,24D,25D,26D,27D. The van der Waals surface area contributed by atoms with E-state index in [0.29, 0.717) is 49.8 Å². The molecule has 2 heterocycles. The first-order valence-corrected chi connectivity index (χ1v) is 38.3. The predicted molar refractivity (Wildman–Crippen MR) is 521 cm³/mol. The highest BCUT2D eigenvalue weighted by Gasteiger charge is 2.24. The summed E-state index contributed by atoms with van der Waals surface area (Å²) >= 11 is 0. The molecule has 0 fully saturated rings. The summed E-state index contributed by atoms with van der Waals surface area (Å²) in [6.07, 6.45) is 0. The van der Waals surface area contributed by atoms with Gasteiger partial charge in [0.25, 0.3) is 0 Å². The summed E-state index contributed by atoms with van der Waals surface area (Å²) in [5.74, 6) is 0. The number of para-hydroxylation sites is 2. The topological polar surface area (TPSA) is 26.3 Å². The Morgan fingerprint density at radius 2 is 0.533 bits per heavy atom. The summed E-state index contributed by atoms with van der Waals surface area (Å²) in [6.45, 7) is 0. The van der Waals surface area contributed by atoms with Crippen LogP contribution >= 0.6 is 0 Å². The number of rotatable bonds is 8. The smallest absolute Gasteiger partial charge is 0.135 e. The molecule has 26 aromatic carbocycles. The Morgan fingerprint density at radius 3 is 1.15 bits per heavy atom. The van der Waals surface area contributed by atoms with Gasteiger partial charge in [0.2, 0.25) is 0 Å². The van der Waals surface area contributed by atoms with Gasteiger partial charge in [-0.15, -0.1) is 0 Å². The molecule has 0 radical (unpaired) electrons. The summed E-state index contributed by atoms with van der Waals surface area (Å²) in [7, 11) is 0. The van der Waals surface area contributed by atoms with Crippen molar-refractivity contribution >= 4 is 195 Å². The second-order valence-corrected chi connectivity index (χ2v) is 29.6. The van der Waals surface area contributed by atoms with E-state index in [-0.39, 0.29) is 150 Å². The van der Waals surface area contributed by atoms with Crippen molar-refractivity contribution in [3.63, 3.8) is 0 Å². The van der Waals surface area contributed by atoms with Gasteiger partial charge in [-0.3, -0.25) is 0 Å². The molecule has 0 atom stereocenters. The Hall–Kier alpha value is -16.0. The van der Waals surface area contributed by atoms with Crippen LogP contribution in [0.25, 0.3) is 284 Å². The Morgan fingerprint density at radius 1 is 0.148 bits per heavy atom. The lowest BCUT2D eigenvalue weighted by molar-refractivity contribution is 0.668. The molecule has 0 aliphatic rings. The molecule has 0 aliphatic heterocycles. The number of benzene rings is 26. The summed E-state index contributed by atoms with van der Waals surface area (Å²) in [5.41, 5.74) is -2.56. The molecule has 0 unspecified atom stereocenters. The molecule has 2 heteroatoms. The molecule has 0 amide bonds. The molecular formula is C120H68O2. The number of hydrogen-bond donors (Lipinski definition) is 0. The normalized spacial score (nSPS) is 17.9. The molecule has 0 bridgehead atoms. The van der Waals surface area contributed by atoms with Gasteiger partial charge in [0, 0.05) is 21.5 Å². The van der Waals surface area contributed by atoms with Crippen LogP contribution in [0, 0.1) is 0 Å². The van der Waals surface area contributed by atoms with E-state index in [2.05, 4.69) is 0 Å². The Labute approximate surface area is 769 Å². The van der Waals surface area contributed by atoms with E-state index in [1.165, 1.54) is 6.07 Å². The van der Waals surface area contributed by atoms with Gasteiger partial charge in [-0.25, -0.2) is 0 Å². The van der Waals surface area contributed by atoms with Crippen LogP contribution in [0.2, 0.25) is 0 Å². The highest BCUT2D eigenvalue weighted by Crippen LogP contribution is 2.51. The first kappa shape index (κ1) is 35.7. The van der Waals surface area contributed by atoms with Crippen LogP contribution in [0.1, 0.15) is 67.2 Å². The molecule has 28 rings (SSSR count). The van der Waals surface area contributed by atoms with Crippen molar-refractivity contribution in [2.45, 2.75) is 0 Å². The largest absolute Gasteiger partial charge is 0.456 e. The SMILES string of the molecule is [2H]c1cc2c([2H])c([2H])c3c([2H])c([2H])c(-c4cc(-c5c([2H])c([2H])c6oc7c([2H])c([2H])c([2H])c([2H])c7c6c5[2H])c([2H])c(-c5c([2H])c([2H])c(-c6c([2H])c([2H])c7c([2H])c([2H])c8c([2H])c([2H])c([2H])c9c([2H])c([2H])c6c7c89)c6c([2H])c([2H])c([2H])c([2H])c56)c4[2H])c4c([2H])c([2H])c(c1[2H])c2c34.[2H]c1cc2c([2H])c([2H])c3c([2H])c([2H])c(-c4cc(-c5ccc6oc7ccccc7c6c5)cc(-c5ccc(-c6c([2H])c([2H])c7c([2H])c([2H])c8c([2H])c([2H])c([2H])c9c([2H])c([2H])c6c7c89)c6ccccc56)c4)c4c([2H])c([2H])c(c1[2H])c2c34. The van der Waals surface area contributed by atoms with Crippen LogP contribution in [-0.2, 0) is 0 Å². The van der Waals surface area contributed by atoms with Gasteiger partial charge in [-0.1, -0.05) is 339 Å². The quantitative estimate of drug-likeness (QED) is 0.142. The van der Waals surface area contributed by atoms with Crippen LogP contribution in [0.5, 0.6) is 0 Å². The lowest BCUT2D eigenvalue weighted by atomic mass is 9.85. The van der Waals surface area contributed by atoms with E-state index in [4.69, 9.17) is 40.4 Å². The molecule has 0 aliphatic carbocycles. The minimum atomic E-state index is -1.17. The second-order valence-electron chi connectivity index (χ2n) is 29.6. The maximum Gasteiger partial charge on any atom is 0.135 e.